The van der Waals surface area contributed by atoms with E-state index in [1.54, 1.807) is 0 Å². The van der Waals surface area contributed by atoms with Crippen LogP contribution in [0, 0.1) is 11.3 Å². The van der Waals surface area contributed by atoms with Gasteiger partial charge in [0.2, 0.25) is 0 Å². The molecule has 4 heteroatoms. The molecule has 0 aliphatic rings. The number of nitrogens with one attached hydrogen (secondary N) is 1. The third-order valence-corrected chi connectivity index (χ3v) is 2.45. The average molecular weight is 257 g/mol. The molecule has 1 heterocycles. The number of halogens is 1. The van der Waals surface area contributed by atoms with Crippen LogP contribution in [-0.4, -0.2) is 6.04 Å². The minimum Gasteiger partial charge on any atom is -0.453 e. The fraction of sp³-hybridized carbons (Fsp3) is 0.500. The Morgan fingerprint density at radius 1 is 1.64 bits per heavy atom. The van der Waals surface area contributed by atoms with Gasteiger partial charge in [0.25, 0.3) is 0 Å². The Morgan fingerprint density at radius 2 is 2.43 bits per heavy atom. The van der Waals surface area contributed by atoms with Crippen molar-refractivity contribution in [3.8, 4) is 6.07 Å². The lowest BCUT2D eigenvalue weighted by Crippen LogP contribution is -2.27. The van der Waals surface area contributed by atoms with Crippen LogP contribution in [-0.2, 0) is 6.54 Å². The van der Waals surface area contributed by atoms with Crippen molar-refractivity contribution in [2.24, 2.45) is 0 Å². The molecule has 1 rings (SSSR count). The third kappa shape index (κ3) is 3.52. The van der Waals surface area contributed by atoms with Gasteiger partial charge >= 0.3 is 0 Å². The van der Waals surface area contributed by atoms with E-state index in [0.29, 0.717) is 13.0 Å². The molecule has 1 aromatic rings. The molecule has 0 radical (unpaired) electrons. The maximum absolute atomic E-state index is 8.55. The predicted molar refractivity (Wildman–Crippen MR) is 57.6 cm³/mol. The molecule has 0 fully saturated rings. The highest BCUT2D eigenvalue weighted by molar-refractivity contribution is 9.10. The fourth-order valence-corrected chi connectivity index (χ4v) is 1.50. The second kappa shape index (κ2) is 5.84. The van der Waals surface area contributed by atoms with Crippen LogP contribution in [0.5, 0.6) is 0 Å². The molecule has 0 saturated carbocycles. The lowest BCUT2D eigenvalue weighted by Gasteiger charge is -2.11. The minimum absolute atomic E-state index is 0.254. The van der Waals surface area contributed by atoms with Crippen LogP contribution in [0.4, 0.5) is 0 Å². The zero-order valence-corrected chi connectivity index (χ0v) is 9.67. The van der Waals surface area contributed by atoms with Gasteiger partial charge in [-0.1, -0.05) is 6.92 Å². The van der Waals surface area contributed by atoms with Gasteiger partial charge in [-0.25, -0.2) is 0 Å². The Morgan fingerprint density at radius 3 is 2.93 bits per heavy atom. The van der Waals surface area contributed by atoms with E-state index < -0.39 is 0 Å². The average Bonchev–Trinajstić information content (AvgIpc) is 2.59. The summed E-state index contributed by atoms with van der Waals surface area (Å²) < 4.78 is 6.07. The van der Waals surface area contributed by atoms with Crippen LogP contribution < -0.4 is 5.32 Å². The van der Waals surface area contributed by atoms with E-state index in [2.05, 4.69) is 34.2 Å². The van der Waals surface area contributed by atoms with E-state index in [-0.39, 0.29) is 6.04 Å². The van der Waals surface area contributed by atoms with E-state index >= 15 is 0 Å². The summed E-state index contributed by atoms with van der Waals surface area (Å²) in [5.74, 6) is 0.883. The van der Waals surface area contributed by atoms with Gasteiger partial charge in [-0.05, 0) is 34.5 Å². The summed E-state index contributed by atoms with van der Waals surface area (Å²) >= 11 is 3.24. The molecule has 0 aromatic carbocycles. The number of rotatable bonds is 5. The predicted octanol–water partition coefficient (Wildman–Crippen LogP) is 2.82. The second-order valence-electron chi connectivity index (χ2n) is 3.05. The number of hydrogen-bond acceptors (Lipinski definition) is 3. The highest BCUT2D eigenvalue weighted by Gasteiger charge is 2.06. The molecule has 0 amide bonds. The molecule has 76 valence electrons. The third-order valence-electron chi connectivity index (χ3n) is 2.02. The molecule has 14 heavy (non-hydrogen) atoms. The van der Waals surface area contributed by atoms with E-state index in [4.69, 9.17) is 9.68 Å². The van der Waals surface area contributed by atoms with Gasteiger partial charge in [0.05, 0.1) is 19.0 Å². The van der Waals surface area contributed by atoms with Crippen LogP contribution >= 0.6 is 15.9 Å². The van der Waals surface area contributed by atoms with Crippen molar-refractivity contribution in [1.82, 2.24) is 5.32 Å². The summed E-state index contributed by atoms with van der Waals surface area (Å²) in [5.41, 5.74) is 0. The smallest absolute Gasteiger partial charge is 0.169 e. The van der Waals surface area contributed by atoms with Gasteiger partial charge in [-0.3, -0.25) is 0 Å². The topological polar surface area (TPSA) is 49.0 Å². The number of nitrogens with zero attached hydrogens (tertiary/aromatic N) is 1. The highest BCUT2D eigenvalue weighted by atomic mass is 79.9. The van der Waals surface area contributed by atoms with Gasteiger partial charge in [-0.15, -0.1) is 0 Å². The molecule has 1 aromatic heterocycles. The molecule has 3 nitrogen and oxygen atoms in total. The van der Waals surface area contributed by atoms with Crippen LogP contribution in [0.25, 0.3) is 0 Å². The summed E-state index contributed by atoms with van der Waals surface area (Å²) in [6.45, 7) is 2.73. The molecule has 1 unspecified atom stereocenters. The van der Waals surface area contributed by atoms with Gasteiger partial charge in [0, 0.05) is 6.04 Å². The normalized spacial score (nSPS) is 12.4. The van der Waals surface area contributed by atoms with Gasteiger partial charge < -0.3 is 9.73 Å². The van der Waals surface area contributed by atoms with Gasteiger partial charge in [-0.2, -0.15) is 5.26 Å². The molecule has 0 saturated heterocycles. The highest BCUT2D eigenvalue weighted by Crippen LogP contribution is 2.14. The van der Waals surface area contributed by atoms with Crippen LogP contribution in [0.3, 0.4) is 0 Å². The summed E-state index contributed by atoms with van der Waals surface area (Å²) in [5, 5.41) is 11.8. The second-order valence-corrected chi connectivity index (χ2v) is 3.84. The standard InChI is InChI=1S/C10H13BrN2O/c1-2-8(5-6-12)13-7-9-3-4-10(11)14-9/h3-4,8,13H,2,5,7H2,1H3. The van der Waals surface area contributed by atoms with Crippen molar-refractivity contribution in [3.05, 3.63) is 22.6 Å². The Balaban J connectivity index is 2.36. The van der Waals surface area contributed by atoms with Crippen LogP contribution in [0.2, 0.25) is 0 Å². The molecule has 0 bridgehead atoms. The first-order valence-electron chi connectivity index (χ1n) is 4.60. The van der Waals surface area contributed by atoms with Crippen molar-refractivity contribution in [2.75, 3.05) is 0 Å². The molecule has 1 atom stereocenters. The fourth-order valence-electron chi connectivity index (χ4n) is 1.16. The van der Waals surface area contributed by atoms with E-state index in [1.807, 2.05) is 12.1 Å². The molecule has 0 aliphatic carbocycles. The quantitative estimate of drug-likeness (QED) is 0.882. The van der Waals surface area contributed by atoms with Crippen molar-refractivity contribution in [1.29, 1.82) is 5.26 Å². The maximum Gasteiger partial charge on any atom is 0.169 e. The van der Waals surface area contributed by atoms with Crippen molar-refractivity contribution in [2.45, 2.75) is 32.4 Å². The van der Waals surface area contributed by atoms with Crippen molar-refractivity contribution < 1.29 is 4.42 Å². The van der Waals surface area contributed by atoms with E-state index in [1.165, 1.54) is 0 Å². The summed E-state index contributed by atoms with van der Waals surface area (Å²) in [6.07, 6.45) is 1.49. The van der Waals surface area contributed by atoms with Crippen LogP contribution in [0.1, 0.15) is 25.5 Å². The molecular formula is C10H13BrN2O. The van der Waals surface area contributed by atoms with E-state index in [0.717, 1.165) is 16.9 Å². The Kier molecular flexibility index (Phi) is 4.71. The lowest BCUT2D eigenvalue weighted by atomic mass is 10.1. The minimum atomic E-state index is 0.254. The van der Waals surface area contributed by atoms with E-state index in [9.17, 15) is 0 Å². The van der Waals surface area contributed by atoms with Crippen LogP contribution in [0.15, 0.2) is 21.2 Å². The lowest BCUT2D eigenvalue weighted by molar-refractivity contribution is 0.429. The molecule has 1 N–H and O–H groups in total. The Labute approximate surface area is 92.2 Å². The summed E-state index contributed by atoms with van der Waals surface area (Å²) in [6, 6.07) is 6.19. The maximum atomic E-state index is 8.55. The molecular weight excluding hydrogens is 244 g/mol. The Bertz CT molecular complexity index is 316. The number of hydrogen-bond donors (Lipinski definition) is 1. The van der Waals surface area contributed by atoms with Gasteiger partial charge in [0.15, 0.2) is 4.67 Å². The number of nitriles is 1. The first-order chi connectivity index (χ1) is 6.76. The van der Waals surface area contributed by atoms with Crippen molar-refractivity contribution >= 4 is 15.9 Å². The zero-order valence-electron chi connectivity index (χ0n) is 8.09. The summed E-state index contributed by atoms with van der Waals surface area (Å²) in [7, 11) is 0. The first kappa shape index (κ1) is 11.3. The molecule has 0 aliphatic heterocycles. The van der Waals surface area contributed by atoms with Crippen molar-refractivity contribution in [3.63, 3.8) is 0 Å². The zero-order chi connectivity index (χ0) is 10.4. The number of furan rings is 1. The molecule has 0 spiro atoms. The first-order valence-corrected chi connectivity index (χ1v) is 5.40. The Hall–Kier alpha value is -0.790. The SMILES string of the molecule is CCC(CC#N)NCc1ccc(Br)o1. The van der Waals surface area contributed by atoms with Gasteiger partial charge in [0.1, 0.15) is 5.76 Å². The largest absolute Gasteiger partial charge is 0.453 e. The monoisotopic (exact) mass is 256 g/mol. The summed E-state index contributed by atoms with van der Waals surface area (Å²) in [4.78, 5) is 0.